The topological polar surface area (TPSA) is 68.0 Å². The highest BCUT2D eigenvalue weighted by Gasteiger charge is 2.10. The zero-order valence-electron chi connectivity index (χ0n) is 10.9. The predicted octanol–water partition coefficient (Wildman–Crippen LogP) is 1.17. The molecule has 0 unspecified atom stereocenters. The van der Waals surface area contributed by atoms with Crippen LogP contribution >= 0.6 is 0 Å². The zero-order chi connectivity index (χ0) is 13.4. The average Bonchev–Trinajstić information content (AvgIpc) is 2.36. The van der Waals surface area contributed by atoms with E-state index in [0.29, 0.717) is 23.7 Å². The second-order valence-corrected chi connectivity index (χ2v) is 4.34. The minimum Gasteiger partial charge on any atom is -0.351 e. The number of rotatable bonds is 4. The summed E-state index contributed by atoms with van der Waals surface area (Å²) < 4.78 is 0. The van der Waals surface area contributed by atoms with E-state index in [0.717, 1.165) is 6.42 Å². The van der Waals surface area contributed by atoms with Gasteiger partial charge in [-0.2, -0.15) is 0 Å². The molecule has 0 aliphatic rings. The van der Waals surface area contributed by atoms with Crippen molar-refractivity contribution < 1.29 is 4.79 Å². The molecule has 0 radical (unpaired) electrons. The van der Waals surface area contributed by atoms with Crippen LogP contribution in [0.15, 0.2) is 18.3 Å². The van der Waals surface area contributed by atoms with E-state index in [1.165, 1.54) is 0 Å². The highest BCUT2D eigenvalue weighted by molar-refractivity contribution is 5.94. The summed E-state index contributed by atoms with van der Waals surface area (Å²) in [6.07, 6.45) is 2.54. The molecule has 96 valence electrons. The lowest BCUT2D eigenvalue weighted by Gasteiger charge is -2.07. The summed E-state index contributed by atoms with van der Waals surface area (Å²) in [5.74, 6) is 5.96. The van der Waals surface area contributed by atoms with Crippen molar-refractivity contribution in [2.45, 2.75) is 20.3 Å². The highest BCUT2D eigenvalue weighted by Crippen LogP contribution is 2.04. The van der Waals surface area contributed by atoms with E-state index in [-0.39, 0.29) is 12.5 Å². The van der Waals surface area contributed by atoms with Crippen LogP contribution in [0.25, 0.3) is 0 Å². The van der Waals surface area contributed by atoms with Crippen LogP contribution < -0.4 is 11.1 Å². The molecule has 3 N–H and O–H groups in total. The summed E-state index contributed by atoms with van der Waals surface area (Å²) in [4.78, 5) is 16.0. The van der Waals surface area contributed by atoms with Gasteiger partial charge < -0.3 is 11.1 Å². The normalized spacial score (nSPS) is 9.78. The van der Waals surface area contributed by atoms with Gasteiger partial charge in [-0.25, -0.2) is 4.98 Å². The standard InChI is InChI=1S/C14H19N3O/c1-11(2)7-10-17-14(18)13-12(5-3-8-15)6-4-9-16-13/h4,6,9,11H,7-8,10,15H2,1-2H3,(H,17,18). The van der Waals surface area contributed by atoms with Crippen LogP contribution in [0.1, 0.15) is 36.3 Å². The number of pyridine rings is 1. The van der Waals surface area contributed by atoms with Gasteiger partial charge in [0, 0.05) is 12.7 Å². The second kappa shape index (κ2) is 7.46. The number of nitrogens with one attached hydrogen (secondary N) is 1. The van der Waals surface area contributed by atoms with Crippen LogP contribution in [0, 0.1) is 17.8 Å². The number of carbonyl (C=O) groups is 1. The molecule has 1 heterocycles. The smallest absolute Gasteiger partial charge is 0.271 e. The van der Waals surface area contributed by atoms with Crippen LogP contribution in [0.4, 0.5) is 0 Å². The molecule has 4 nitrogen and oxygen atoms in total. The summed E-state index contributed by atoms with van der Waals surface area (Å²) in [5.41, 5.74) is 6.30. The largest absolute Gasteiger partial charge is 0.351 e. The van der Waals surface area contributed by atoms with Crippen LogP contribution in [0.2, 0.25) is 0 Å². The first-order chi connectivity index (χ1) is 8.65. The lowest BCUT2D eigenvalue weighted by atomic mass is 10.1. The van der Waals surface area contributed by atoms with E-state index in [4.69, 9.17) is 5.73 Å². The number of nitrogens with zero attached hydrogens (tertiary/aromatic N) is 1. The van der Waals surface area contributed by atoms with Gasteiger partial charge in [0.1, 0.15) is 5.69 Å². The number of carbonyl (C=O) groups excluding carboxylic acids is 1. The van der Waals surface area contributed by atoms with Crippen LogP contribution in [-0.2, 0) is 0 Å². The maximum atomic E-state index is 11.9. The van der Waals surface area contributed by atoms with Crippen molar-refractivity contribution >= 4 is 5.91 Å². The molecule has 0 fully saturated rings. The van der Waals surface area contributed by atoms with Crippen molar-refractivity contribution in [1.82, 2.24) is 10.3 Å². The third kappa shape index (κ3) is 4.56. The molecule has 0 spiro atoms. The number of aromatic nitrogens is 1. The molecular weight excluding hydrogens is 226 g/mol. The molecule has 0 aliphatic carbocycles. The fourth-order valence-electron chi connectivity index (χ4n) is 1.39. The number of amides is 1. The molecule has 0 saturated carbocycles. The summed E-state index contributed by atoms with van der Waals surface area (Å²) in [7, 11) is 0. The molecule has 4 heteroatoms. The molecule has 18 heavy (non-hydrogen) atoms. The van der Waals surface area contributed by atoms with Crippen LogP contribution in [0.3, 0.4) is 0 Å². The van der Waals surface area contributed by atoms with Gasteiger partial charge in [0.15, 0.2) is 0 Å². The molecule has 0 aliphatic heterocycles. The fraction of sp³-hybridized carbons (Fsp3) is 0.429. The monoisotopic (exact) mass is 245 g/mol. The van der Waals surface area contributed by atoms with E-state index in [1.54, 1.807) is 18.3 Å². The van der Waals surface area contributed by atoms with Crippen LogP contribution in [-0.4, -0.2) is 24.0 Å². The molecule has 1 rings (SSSR count). The Balaban J connectivity index is 2.73. The van der Waals surface area contributed by atoms with Crippen molar-refractivity contribution in [2.75, 3.05) is 13.1 Å². The molecule has 1 aromatic heterocycles. The third-order valence-corrected chi connectivity index (χ3v) is 2.36. The molecule has 0 aromatic carbocycles. The quantitative estimate of drug-likeness (QED) is 0.782. The first-order valence-electron chi connectivity index (χ1n) is 6.07. The summed E-state index contributed by atoms with van der Waals surface area (Å²) in [6, 6.07) is 3.53. The van der Waals surface area contributed by atoms with Gasteiger partial charge in [-0.15, -0.1) is 0 Å². The Morgan fingerprint density at radius 1 is 1.56 bits per heavy atom. The maximum Gasteiger partial charge on any atom is 0.271 e. The highest BCUT2D eigenvalue weighted by atomic mass is 16.1. The zero-order valence-corrected chi connectivity index (χ0v) is 10.9. The average molecular weight is 245 g/mol. The van der Waals surface area contributed by atoms with E-state index in [1.807, 2.05) is 0 Å². The fourth-order valence-corrected chi connectivity index (χ4v) is 1.39. The molecule has 0 saturated heterocycles. The van der Waals surface area contributed by atoms with Gasteiger partial charge in [-0.3, -0.25) is 4.79 Å². The second-order valence-electron chi connectivity index (χ2n) is 4.34. The van der Waals surface area contributed by atoms with Gasteiger partial charge in [0.25, 0.3) is 5.91 Å². The first kappa shape index (κ1) is 14.2. The minimum atomic E-state index is -0.183. The van der Waals surface area contributed by atoms with Gasteiger partial charge in [-0.1, -0.05) is 25.7 Å². The first-order valence-corrected chi connectivity index (χ1v) is 6.07. The molecule has 0 bridgehead atoms. The Morgan fingerprint density at radius 3 is 3.00 bits per heavy atom. The number of hydrogen-bond donors (Lipinski definition) is 2. The Morgan fingerprint density at radius 2 is 2.33 bits per heavy atom. The van der Waals surface area contributed by atoms with E-state index >= 15 is 0 Å². The Hall–Kier alpha value is -1.86. The molecule has 1 amide bonds. The van der Waals surface area contributed by atoms with Crippen molar-refractivity contribution in [3.05, 3.63) is 29.6 Å². The Labute approximate surface area is 108 Å². The van der Waals surface area contributed by atoms with Gasteiger partial charge >= 0.3 is 0 Å². The lowest BCUT2D eigenvalue weighted by Crippen LogP contribution is -2.27. The molecular formula is C14H19N3O. The van der Waals surface area contributed by atoms with Crippen molar-refractivity contribution in [3.63, 3.8) is 0 Å². The summed E-state index contributed by atoms with van der Waals surface area (Å²) in [5, 5.41) is 2.85. The summed E-state index contributed by atoms with van der Waals surface area (Å²) in [6.45, 7) is 5.15. The SMILES string of the molecule is CC(C)CCNC(=O)c1ncccc1C#CCN. The van der Waals surface area contributed by atoms with Crippen molar-refractivity contribution in [3.8, 4) is 11.8 Å². The van der Waals surface area contributed by atoms with Crippen LogP contribution in [0.5, 0.6) is 0 Å². The Kier molecular flexibility index (Phi) is 5.89. The Bertz CT molecular complexity index is 458. The number of hydrogen-bond acceptors (Lipinski definition) is 3. The third-order valence-electron chi connectivity index (χ3n) is 2.36. The van der Waals surface area contributed by atoms with Crippen molar-refractivity contribution in [2.24, 2.45) is 11.7 Å². The van der Waals surface area contributed by atoms with Crippen molar-refractivity contribution in [1.29, 1.82) is 0 Å². The van der Waals surface area contributed by atoms with Gasteiger partial charge in [0.2, 0.25) is 0 Å². The molecule has 0 atom stereocenters. The predicted molar refractivity (Wildman–Crippen MR) is 72.0 cm³/mol. The van der Waals surface area contributed by atoms with Gasteiger partial charge in [-0.05, 0) is 24.5 Å². The molecule has 1 aromatic rings. The summed E-state index contributed by atoms with van der Waals surface area (Å²) >= 11 is 0. The lowest BCUT2D eigenvalue weighted by molar-refractivity contribution is 0.0947. The van der Waals surface area contributed by atoms with Gasteiger partial charge in [0.05, 0.1) is 12.1 Å². The van der Waals surface area contributed by atoms with E-state index < -0.39 is 0 Å². The maximum absolute atomic E-state index is 11.9. The van der Waals surface area contributed by atoms with E-state index in [9.17, 15) is 4.79 Å². The van der Waals surface area contributed by atoms with E-state index in [2.05, 4.69) is 36.0 Å². The minimum absolute atomic E-state index is 0.183. The number of nitrogens with two attached hydrogens (primary N) is 1.